The van der Waals surface area contributed by atoms with Crippen molar-refractivity contribution < 1.29 is 13.9 Å². The van der Waals surface area contributed by atoms with Gasteiger partial charge in [0.15, 0.2) is 5.78 Å². The zero-order valence-corrected chi connectivity index (χ0v) is 22.6. The summed E-state index contributed by atoms with van der Waals surface area (Å²) in [6, 6.07) is 21.7. The Balaban J connectivity index is 1.53. The smallest absolute Gasteiger partial charge is 0.162 e. The van der Waals surface area contributed by atoms with E-state index in [0.717, 1.165) is 34.0 Å². The Kier molecular flexibility index (Phi) is 6.20. The molecule has 0 fully saturated rings. The number of anilines is 1. The molecule has 0 aromatic heterocycles. The van der Waals surface area contributed by atoms with Gasteiger partial charge >= 0.3 is 0 Å². The maximum absolute atomic E-state index is 14.4. The molecule has 0 spiro atoms. The number of allylic oxidation sites excluding steroid dienone is 1. The second kappa shape index (κ2) is 9.44. The molecule has 0 radical (unpaired) electrons. The Morgan fingerprint density at radius 1 is 1.00 bits per heavy atom. The Morgan fingerprint density at radius 2 is 1.76 bits per heavy atom. The molecular formula is C32H26Cl2FNO2. The first-order valence-corrected chi connectivity index (χ1v) is 13.4. The third-order valence-electron chi connectivity index (χ3n) is 7.42. The van der Waals surface area contributed by atoms with Crippen molar-refractivity contribution in [2.75, 3.05) is 5.32 Å². The van der Waals surface area contributed by atoms with Crippen molar-refractivity contribution in [1.29, 1.82) is 0 Å². The summed E-state index contributed by atoms with van der Waals surface area (Å²) in [4.78, 5) is 13.8. The summed E-state index contributed by atoms with van der Waals surface area (Å²) in [5.74, 6) is 0.111. The van der Waals surface area contributed by atoms with Gasteiger partial charge < -0.3 is 10.1 Å². The first-order valence-electron chi connectivity index (χ1n) is 12.6. The first kappa shape index (κ1) is 25.0. The minimum Gasteiger partial charge on any atom is -0.487 e. The fourth-order valence-corrected chi connectivity index (χ4v) is 6.35. The molecule has 1 atom stereocenters. The number of benzene rings is 4. The van der Waals surface area contributed by atoms with Crippen LogP contribution in [-0.2, 0) is 11.4 Å². The molecule has 6 heteroatoms. The van der Waals surface area contributed by atoms with E-state index in [1.54, 1.807) is 30.3 Å². The van der Waals surface area contributed by atoms with Crippen LogP contribution in [0, 0.1) is 11.2 Å². The van der Waals surface area contributed by atoms with Crippen molar-refractivity contribution in [3.8, 4) is 5.75 Å². The van der Waals surface area contributed by atoms with Gasteiger partial charge in [0.05, 0.1) is 11.1 Å². The summed E-state index contributed by atoms with van der Waals surface area (Å²) in [7, 11) is 0. The molecule has 38 heavy (non-hydrogen) atoms. The zero-order valence-electron chi connectivity index (χ0n) is 21.1. The number of Topliss-reactive ketones (excluding diaryl/α,β-unsaturated/α-hetero) is 1. The molecule has 0 bridgehead atoms. The van der Waals surface area contributed by atoms with Crippen molar-refractivity contribution in [3.63, 3.8) is 0 Å². The monoisotopic (exact) mass is 545 g/mol. The quantitative estimate of drug-likeness (QED) is 0.277. The number of halogens is 3. The van der Waals surface area contributed by atoms with Crippen molar-refractivity contribution in [2.24, 2.45) is 5.41 Å². The predicted octanol–water partition coefficient (Wildman–Crippen LogP) is 9.17. The number of nitrogens with one attached hydrogen (secondary N) is 1. The lowest BCUT2D eigenvalue weighted by molar-refractivity contribution is -0.118. The van der Waals surface area contributed by atoms with E-state index in [-0.39, 0.29) is 23.6 Å². The second-order valence-electron chi connectivity index (χ2n) is 10.8. The lowest BCUT2D eigenvalue weighted by Crippen LogP contribution is -2.33. The van der Waals surface area contributed by atoms with Gasteiger partial charge in [-0.25, -0.2) is 4.39 Å². The number of hydrogen-bond donors (Lipinski definition) is 1. The number of carbonyl (C=O) groups excluding carboxylic acids is 1. The number of fused-ring (bicyclic) bond motifs is 4. The van der Waals surface area contributed by atoms with Crippen LogP contribution in [0.1, 0.15) is 49.4 Å². The Bertz CT molecular complexity index is 1640. The van der Waals surface area contributed by atoms with E-state index < -0.39 is 6.04 Å². The van der Waals surface area contributed by atoms with Crippen LogP contribution in [-0.4, -0.2) is 5.78 Å². The molecule has 0 saturated carbocycles. The number of rotatable bonds is 4. The highest BCUT2D eigenvalue weighted by Gasteiger charge is 2.42. The molecule has 4 aromatic carbocycles. The van der Waals surface area contributed by atoms with Crippen molar-refractivity contribution in [1.82, 2.24) is 0 Å². The van der Waals surface area contributed by atoms with E-state index in [0.29, 0.717) is 38.9 Å². The highest BCUT2D eigenvalue weighted by Crippen LogP contribution is 2.53. The summed E-state index contributed by atoms with van der Waals surface area (Å²) in [5.41, 5.74) is 4.64. The zero-order chi connectivity index (χ0) is 26.6. The normalized spacial score (nSPS) is 18.1. The van der Waals surface area contributed by atoms with E-state index in [1.165, 1.54) is 6.07 Å². The van der Waals surface area contributed by atoms with Crippen LogP contribution >= 0.6 is 23.2 Å². The van der Waals surface area contributed by atoms with Gasteiger partial charge in [0, 0.05) is 39.4 Å². The number of carbonyl (C=O) groups is 1. The molecule has 1 heterocycles. The van der Waals surface area contributed by atoms with E-state index in [9.17, 15) is 9.18 Å². The molecular weight excluding hydrogens is 520 g/mol. The highest BCUT2D eigenvalue weighted by molar-refractivity contribution is 6.35. The summed E-state index contributed by atoms with van der Waals surface area (Å²) < 4.78 is 20.5. The van der Waals surface area contributed by atoms with Gasteiger partial charge in [-0.05, 0) is 52.4 Å². The van der Waals surface area contributed by atoms with Gasteiger partial charge in [0.1, 0.15) is 18.2 Å². The van der Waals surface area contributed by atoms with E-state index >= 15 is 0 Å². The molecule has 1 N–H and O–H groups in total. The van der Waals surface area contributed by atoms with Crippen molar-refractivity contribution >= 4 is 51.0 Å². The van der Waals surface area contributed by atoms with Crippen LogP contribution < -0.4 is 10.1 Å². The van der Waals surface area contributed by atoms with Crippen molar-refractivity contribution in [3.05, 3.63) is 111 Å². The SMILES string of the molecule is CC1(C)CC(=O)C2=C(C1)c1c(ccc3ccccc13)N[C@H]2c1cc(Cl)cc(Cl)c1OCc1ccccc1F. The molecule has 1 aliphatic carbocycles. The van der Waals surface area contributed by atoms with Gasteiger partial charge in [-0.15, -0.1) is 0 Å². The molecule has 192 valence electrons. The Morgan fingerprint density at radius 3 is 2.58 bits per heavy atom. The number of hydrogen-bond acceptors (Lipinski definition) is 3. The molecule has 2 aliphatic rings. The van der Waals surface area contributed by atoms with Gasteiger partial charge in [0.25, 0.3) is 0 Å². The third-order valence-corrected chi connectivity index (χ3v) is 7.92. The summed E-state index contributed by atoms with van der Waals surface area (Å²) in [6.07, 6.45) is 1.19. The average molecular weight is 546 g/mol. The highest BCUT2D eigenvalue weighted by atomic mass is 35.5. The molecule has 0 unspecified atom stereocenters. The standard InChI is InChI=1S/C32H26Cl2FNO2/c1-32(2)15-23-28-21-9-5-3-7-18(21)11-12-26(28)36-30(29(23)27(37)16-32)22-13-20(33)14-24(34)31(22)38-17-19-8-4-6-10-25(19)35/h3-14,30,36H,15-17H2,1-2H3/t30-/m0/s1. The third kappa shape index (κ3) is 4.36. The molecule has 4 aromatic rings. The Labute approximate surface area is 231 Å². The number of ketones is 1. The molecule has 0 saturated heterocycles. The molecule has 1 aliphatic heterocycles. The van der Waals surface area contributed by atoms with Gasteiger partial charge in [0.2, 0.25) is 0 Å². The predicted molar refractivity (Wildman–Crippen MR) is 152 cm³/mol. The van der Waals surface area contributed by atoms with Gasteiger partial charge in [-0.3, -0.25) is 4.79 Å². The summed E-state index contributed by atoms with van der Waals surface area (Å²) in [5, 5.41) is 6.58. The minimum atomic E-state index is -0.519. The lowest BCUT2D eigenvalue weighted by Gasteiger charge is -2.40. The van der Waals surface area contributed by atoms with E-state index in [1.807, 2.05) is 12.1 Å². The minimum absolute atomic E-state index is 0.0121. The summed E-state index contributed by atoms with van der Waals surface area (Å²) >= 11 is 13.2. The average Bonchev–Trinajstić information content (AvgIpc) is 2.87. The molecule has 0 amide bonds. The lowest BCUT2D eigenvalue weighted by atomic mass is 9.68. The van der Waals surface area contributed by atoms with Gasteiger partial charge in [-0.1, -0.05) is 85.6 Å². The fourth-order valence-electron chi connectivity index (χ4n) is 5.78. The van der Waals surface area contributed by atoms with Crippen LogP contribution in [0.4, 0.5) is 10.1 Å². The molecule has 3 nitrogen and oxygen atoms in total. The van der Waals surface area contributed by atoms with Crippen LogP contribution in [0.2, 0.25) is 10.0 Å². The molecule has 6 rings (SSSR count). The Hall–Kier alpha value is -3.34. The number of ether oxygens (including phenoxy) is 1. The maximum Gasteiger partial charge on any atom is 0.162 e. The first-order chi connectivity index (χ1) is 18.2. The van der Waals surface area contributed by atoms with E-state index in [4.69, 9.17) is 27.9 Å². The maximum atomic E-state index is 14.4. The van der Waals surface area contributed by atoms with Crippen LogP contribution in [0.3, 0.4) is 0 Å². The topological polar surface area (TPSA) is 38.3 Å². The summed E-state index contributed by atoms with van der Waals surface area (Å²) in [6.45, 7) is 4.26. The van der Waals surface area contributed by atoms with Crippen LogP contribution in [0.25, 0.3) is 16.3 Å². The van der Waals surface area contributed by atoms with Crippen molar-refractivity contribution in [2.45, 2.75) is 39.3 Å². The van der Waals surface area contributed by atoms with Crippen LogP contribution in [0.15, 0.2) is 78.4 Å². The van der Waals surface area contributed by atoms with Crippen LogP contribution in [0.5, 0.6) is 5.75 Å². The fraction of sp³-hybridized carbons (Fsp3) is 0.219. The van der Waals surface area contributed by atoms with Gasteiger partial charge in [-0.2, -0.15) is 0 Å². The largest absolute Gasteiger partial charge is 0.487 e. The van der Waals surface area contributed by atoms with E-state index in [2.05, 4.69) is 43.4 Å². The second-order valence-corrected chi connectivity index (χ2v) is 11.6.